The van der Waals surface area contributed by atoms with Crippen molar-refractivity contribution < 1.29 is 0 Å². The van der Waals surface area contributed by atoms with Crippen LogP contribution in [0, 0.1) is 0 Å². The summed E-state index contributed by atoms with van der Waals surface area (Å²) in [5.41, 5.74) is 1.26. The Kier molecular flexibility index (Phi) is 3.86. The average Bonchev–Trinajstić information content (AvgIpc) is 3.31. The third-order valence-electron chi connectivity index (χ3n) is 3.66. The van der Waals surface area contributed by atoms with Gasteiger partial charge in [-0.2, -0.15) is 0 Å². The molecule has 0 aliphatic carbocycles. The molecular formula is C18H12N2S4. The maximum atomic E-state index is 3.25. The van der Waals surface area contributed by atoms with Crippen molar-refractivity contribution in [3.63, 3.8) is 0 Å². The van der Waals surface area contributed by atoms with Gasteiger partial charge in [0.05, 0.1) is 8.47 Å². The molecule has 2 aromatic rings. The number of thioether (sulfide) groups is 4. The molecule has 2 aromatic carbocycles. The van der Waals surface area contributed by atoms with Gasteiger partial charge in [-0.15, -0.1) is 0 Å². The van der Waals surface area contributed by atoms with E-state index in [0.29, 0.717) is 0 Å². The van der Waals surface area contributed by atoms with Crippen molar-refractivity contribution >= 4 is 53.1 Å². The zero-order valence-corrected chi connectivity index (χ0v) is 15.7. The fourth-order valence-electron chi connectivity index (χ4n) is 2.56. The van der Waals surface area contributed by atoms with Crippen LogP contribution in [0.3, 0.4) is 0 Å². The van der Waals surface area contributed by atoms with Gasteiger partial charge in [-0.1, -0.05) is 77.4 Å². The van der Waals surface area contributed by atoms with E-state index in [1.165, 1.54) is 33.6 Å². The lowest BCUT2D eigenvalue weighted by molar-refractivity contribution is 0.992. The van der Waals surface area contributed by atoms with Gasteiger partial charge >= 0.3 is 0 Å². The second kappa shape index (κ2) is 6.19. The lowest BCUT2D eigenvalue weighted by atomic mass is 10.2. The zero-order valence-electron chi connectivity index (χ0n) is 12.4. The highest BCUT2D eigenvalue weighted by atomic mass is 32.2. The van der Waals surface area contributed by atoms with Gasteiger partial charge in [-0.05, 0) is 23.8 Å². The summed E-state index contributed by atoms with van der Waals surface area (Å²) in [5.74, 6) is 1.09. The van der Waals surface area contributed by atoms with Crippen molar-refractivity contribution in [2.24, 2.45) is 0 Å². The Labute approximate surface area is 157 Å². The minimum Gasteiger partial charge on any atom is -0.345 e. The molecule has 24 heavy (non-hydrogen) atoms. The van der Waals surface area contributed by atoms with E-state index in [1.807, 2.05) is 59.4 Å². The second-order valence-corrected chi connectivity index (χ2v) is 10.1. The standard InChI is InChI=1S/C18H12N2S4/c1-2-4-11(5-3-1)8-16-21-12-9-14-15(10-13(12)22-16)24-18(23-14)17-19-6-7-20-17/h1-10,19-20H. The van der Waals surface area contributed by atoms with Crippen molar-refractivity contribution in [1.29, 1.82) is 0 Å². The van der Waals surface area contributed by atoms with Crippen LogP contribution in [0.15, 0.2) is 88.7 Å². The fourth-order valence-corrected chi connectivity index (χ4v) is 7.62. The molecule has 0 unspecified atom stereocenters. The number of hydrogen-bond acceptors (Lipinski definition) is 6. The van der Waals surface area contributed by atoms with Crippen LogP contribution in [0.5, 0.6) is 0 Å². The summed E-state index contributed by atoms with van der Waals surface area (Å²) < 4.78 is 2.63. The van der Waals surface area contributed by atoms with Gasteiger partial charge < -0.3 is 10.6 Å². The van der Waals surface area contributed by atoms with Crippen LogP contribution < -0.4 is 10.6 Å². The van der Waals surface area contributed by atoms with Crippen LogP contribution in [0.25, 0.3) is 6.08 Å². The molecule has 0 spiro atoms. The minimum absolute atomic E-state index is 1.09. The lowest BCUT2D eigenvalue weighted by Gasteiger charge is -2.02. The van der Waals surface area contributed by atoms with Gasteiger partial charge in [0, 0.05) is 32.0 Å². The maximum absolute atomic E-state index is 3.25. The fraction of sp³-hybridized carbons (Fsp3) is 0. The van der Waals surface area contributed by atoms with E-state index in [2.05, 4.69) is 59.2 Å². The molecule has 118 valence electrons. The van der Waals surface area contributed by atoms with E-state index < -0.39 is 0 Å². The molecule has 0 radical (unpaired) electrons. The van der Waals surface area contributed by atoms with Crippen molar-refractivity contribution in [2.45, 2.75) is 19.6 Å². The van der Waals surface area contributed by atoms with Crippen molar-refractivity contribution in [1.82, 2.24) is 10.6 Å². The molecule has 3 aliphatic heterocycles. The number of hydrogen-bond donors (Lipinski definition) is 2. The largest absolute Gasteiger partial charge is 0.345 e. The summed E-state index contributed by atoms with van der Waals surface area (Å²) in [7, 11) is 0. The molecule has 0 fully saturated rings. The Morgan fingerprint density at radius 1 is 0.708 bits per heavy atom. The maximum Gasteiger partial charge on any atom is 0.128 e. The van der Waals surface area contributed by atoms with Gasteiger partial charge in [0.2, 0.25) is 0 Å². The molecule has 6 heteroatoms. The molecular weight excluding hydrogens is 372 g/mol. The topological polar surface area (TPSA) is 24.1 Å². The first-order valence-electron chi connectivity index (χ1n) is 7.44. The first-order chi connectivity index (χ1) is 11.8. The highest BCUT2D eigenvalue weighted by molar-refractivity contribution is 8.25. The molecule has 0 bridgehead atoms. The monoisotopic (exact) mass is 384 g/mol. The van der Waals surface area contributed by atoms with E-state index in [4.69, 9.17) is 0 Å². The Hall–Kier alpha value is -1.34. The van der Waals surface area contributed by atoms with Gasteiger partial charge in [0.15, 0.2) is 0 Å². The highest BCUT2D eigenvalue weighted by Crippen LogP contribution is 2.59. The summed E-state index contributed by atoms with van der Waals surface area (Å²) in [6.07, 6.45) is 6.13. The SMILES string of the molecule is C1=CNC(=C2Sc3cc4c(cc3S2)SC(=Cc2ccccc2)S4)N1. The highest BCUT2D eigenvalue weighted by Gasteiger charge is 2.27. The summed E-state index contributed by atoms with van der Waals surface area (Å²) >= 11 is 7.43. The predicted molar refractivity (Wildman–Crippen MR) is 107 cm³/mol. The van der Waals surface area contributed by atoms with Crippen LogP contribution in [0.4, 0.5) is 0 Å². The molecule has 0 amide bonds. The normalized spacial score (nSPS) is 17.6. The van der Waals surface area contributed by atoms with Crippen LogP contribution >= 0.6 is 47.0 Å². The number of rotatable bonds is 1. The van der Waals surface area contributed by atoms with Gasteiger partial charge in [0.25, 0.3) is 0 Å². The Morgan fingerprint density at radius 3 is 1.92 bits per heavy atom. The first-order valence-corrected chi connectivity index (χ1v) is 10.7. The third-order valence-corrected chi connectivity index (χ3v) is 8.57. The quantitative estimate of drug-likeness (QED) is 0.638. The van der Waals surface area contributed by atoms with Gasteiger partial charge in [-0.25, -0.2) is 0 Å². The predicted octanol–water partition coefficient (Wildman–Crippen LogP) is 5.87. The Balaban J connectivity index is 1.41. The molecule has 0 saturated carbocycles. The molecule has 5 rings (SSSR count). The minimum atomic E-state index is 1.09. The van der Waals surface area contributed by atoms with Gasteiger partial charge in [0.1, 0.15) is 5.82 Å². The van der Waals surface area contributed by atoms with Crippen LogP contribution in [-0.4, -0.2) is 0 Å². The Bertz CT molecular complexity index is 867. The summed E-state index contributed by atoms with van der Waals surface area (Å²) in [6.45, 7) is 0. The van der Waals surface area contributed by atoms with E-state index in [9.17, 15) is 0 Å². The van der Waals surface area contributed by atoms with Gasteiger partial charge in [-0.3, -0.25) is 0 Å². The molecule has 0 saturated heterocycles. The van der Waals surface area contributed by atoms with E-state index in [-0.39, 0.29) is 0 Å². The average molecular weight is 385 g/mol. The molecule has 3 heterocycles. The van der Waals surface area contributed by atoms with E-state index >= 15 is 0 Å². The molecule has 0 aromatic heterocycles. The molecule has 2 nitrogen and oxygen atoms in total. The molecule has 0 atom stereocenters. The van der Waals surface area contributed by atoms with Crippen LogP contribution in [0.1, 0.15) is 5.56 Å². The third kappa shape index (κ3) is 2.77. The zero-order chi connectivity index (χ0) is 15.9. The van der Waals surface area contributed by atoms with Crippen molar-refractivity contribution in [3.8, 4) is 0 Å². The molecule has 3 aliphatic rings. The van der Waals surface area contributed by atoms with Crippen LogP contribution in [0.2, 0.25) is 0 Å². The number of benzene rings is 2. The van der Waals surface area contributed by atoms with E-state index in [1.54, 1.807) is 0 Å². The van der Waals surface area contributed by atoms with E-state index in [0.717, 1.165) is 5.82 Å². The molecule has 2 N–H and O–H groups in total. The second-order valence-electron chi connectivity index (χ2n) is 5.31. The summed E-state index contributed by atoms with van der Waals surface area (Å²) in [4.78, 5) is 5.44. The van der Waals surface area contributed by atoms with Crippen LogP contribution in [-0.2, 0) is 0 Å². The first kappa shape index (κ1) is 15.0. The Morgan fingerprint density at radius 2 is 1.29 bits per heavy atom. The van der Waals surface area contributed by atoms with Crippen molar-refractivity contribution in [3.05, 3.63) is 74.7 Å². The lowest BCUT2D eigenvalue weighted by Crippen LogP contribution is -2.10. The smallest absolute Gasteiger partial charge is 0.128 e. The number of nitrogens with one attached hydrogen (secondary N) is 2. The summed E-state index contributed by atoms with van der Waals surface area (Å²) in [5, 5.41) is 6.50. The number of fused-ring (bicyclic) bond motifs is 2. The van der Waals surface area contributed by atoms with Crippen molar-refractivity contribution in [2.75, 3.05) is 0 Å². The summed E-state index contributed by atoms with van der Waals surface area (Å²) in [6, 6.07) is 15.2.